The number of carbonyl (C=O) groups is 1. The number of nitrogens with one attached hydrogen (secondary N) is 1. The molecule has 1 aromatic heterocycles. The lowest BCUT2D eigenvalue weighted by Gasteiger charge is -2.32. The highest BCUT2D eigenvalue weighted by Gasteiger charge is 2.27. The van der Waals surface area contributed by atoms with Crippen molar-refractivity contribution in [1.82, 2.24) is 9.97 Å². The molecule has 1 saturated heterocycles. The van der Waals surface area contributed by atoms with E-state index in [2.05, 4.69) is 15.3 Å². The van der Waals surface area contributed by atoms with E-state index in [-0.39, 0.29) is 17.6 Å². The van der Waals surface area contributed by atoms with E-state index in [1.54, 1.807) is 48.8 Å². The van der Waals surface area contributed by atoms with E-state index in [4.69, 9.17) is 11.6 Å². The Bertz CT molecular complexity index is 977. The summed E-state index contributed by atoms with van der Waals surface area (Å²) in [5, 5.41) is 3.58. The van der Waals surface area contributed by atoms with Crippen molar-refractivity contribution in [2.24, 2.45) is 5.92 Å². The molecule has 2 heterocycles. The fourth-order valence-electron chi connectivity index (χ4n) is 3.43. The van der Waals surface area contributed by atoms with E-state index >= 15 is 0 Å². The standard InChI is InChI=1S/C22H20ClFN4O/c23-18-5-9-20(10-6-18)27-21(29)16-2-1-11-28(14-16)22-25-12-17(13-26-22)15-3-7-19(24)8-4-15/h3-10,12-13,16H,1-2,11,14H2,(H,27,29). The molecule has 7 heteroatoms. The first kappa shape index (κ1) is 19.3. The predicted molar refractivity (Wildman–Crippen MR) is 112 cm³/mol. The molecule has 5 nitrogen and oxygen atoms in total. The number of rotatable bonds is 4. The third-order valence-electron chi connectivity index (χ3n) is 5.00. The summed E-state index contributed by atoms with van der Waals surface area (Å²) in [4.78, 5) is 23.6. The number of hydrogen-bond donors (Lipinski definition) is 1. The van der Waals surface area contributed by atoms with Crippen LogP contribution in [0.15, 0.2) is 60.9 Å². The number of piperidine rings is 1. The molecule has 0 saturated carbocycles. The van der Waals surface area contributed by atoms with Gasteiger partial charge in [-0.15, -0.1) is 0 Å². The van der Waals surface area contributed by atoms with Crippen molar-refractivity contribution < 1.29 is 9.18 Å². The van der Waals surface area contributed by atoms with Crippen LogP contribution in [-0.2, 0) is 4.79 Å². The Morgan fingerprint density at radius 2 is 1.72 bits per heavy atom. The molecule has 0 spiro atoms. The predicted octanol–water partition coefficient (Wildman–Crippen LogP) is 4.79. The van der Waals surface area contributed by atoms with Crippen LogP contribution in [0.5, 0.6) is 0 Å². The Morgan fingerprint density at radius 3 is 2.41 bits per heavy atom. The van der Waals surface area contributed by atoms with Gasteiger partial charge < -0.3 is 10.2 Å². The van der Waals surface area contributed by atoms with Gasteiger partial charge in [0.2, 0.25) is 11.9 Å². The molecule has 1 amide bonds. The minimum Gasteiger partial charge on any atom is -0.340 e. The van der Waals surface area contributed by atoms with Gasteiger partial charge in [0, 0.05) is 41.8 Å². The lowest BCUT2D eigenvalue weighted by molar-refractivity contribution is -0.120. The zero-order valence-corrected chi connectivity index (χ0v) is 16.4. The molecule has 2 aromatic carbocycles. The van der Waals surface area contributed by atoms with E-state index in [9.17, 15) is 9.18 Å². The first-order valence-corrected chi connectivity index (χ1v) is 9.85. The molecule has 1 N–H and O–H groups in total. The Balaban J connectivity index is 1.41. The van der Waals surface area contributed by atoms with Crippen LogP contribution in [-0.4, -0.2) is 29.0 Å². The fourth-order valence-corrected chi connectivity index (χ4v) is 3.55. The molecular weight excluding hydrogens is 391 g/mol. The molecule has 1 fully saturated rings. The van der Waals surface area contributed by atoms with Gasteiger partial charge in [0.25, 0.3) is 0 Å². The molecular formula is C22H20ClFN4O. The van der Waals surface area contributed by atoms with Crippen molar-refractivity contribution in [2.45, 2.75) is 12.8 Å². The van der Waals surface area contributed by atoms with Gasteiger partial charge in [0.1, 0.15) is 5.82 Å². The van der Waals surface area contributed by atoms with E-state index in [0.29, 0.717) is 17.5 Å². The number of carbonyl (C=O) groups excluding carboxylic acids is 1. The lowest BCUT2D eigenvalue weighted by atomic mass is 9.97. The second kappa shape index (κ2) is 8.57. The van der Waals surface area contributed by atoms with Crippen LogP contribution in [0.25, 0.3) is 11.1 Å². The van der Waals surface area contributed by atoms with Crippen molar-refractivity contribution in [2.75, 3.05) is 23.3 Å². The van der Waals surface area contributed by atoms with Crippen molar-refractivity contribution in [3.8, 4) is 11.1 Å². The van der Waals surface area contributed by atoms with Crippen LogP contribution in [0.1, 0.15) is 12.8 Å². The molecule has 1 unspecified atom stereocenters. The molecule has 1 aliphatic heterocycles. The second-order valence-electron chi connectivity index (χ2n) is 7.06. The fraction of sp³-hybridized carbons (Fsp3) is 0.227. The van der Waals surface area contributed by atoms with E-state index in [1.807, 2.05) is 4.90 Å². The molecule has 0 aliphatic carbocycles. The van der Waals surface area contributed by atoms with E-state index < -0.39 is 0 Å². The highest BCUT2D eigenvalue weighted by molar-refractivity contribution is 6.30. The maximum atomic E-state index is 13.1. The summed E-state index contributed by atoms with van der Waals surface area (Å²) < 4.78 is 13.1. The number of anilines is 2. The van der Waals surface area contributed by atoms with Crippen LogP contribution < -0.4 is 10.2 Å². The molecule has 29 heavy (non-hydrogen) atoms. The summed E-state index contributed by atoms with van der Waals surface area (Å²) >= 11 is 5.89. The van der Waals surface area contributed by atoms with Crippen molar-refractivity contribution in [1.29, 1.82) is 0 Å². The van der Waals surface area contributed by atoms with Gasteiger partial charge >= 0.3 is 0 Å². The maximum Gasteiger partial charge on any atom is 0.229 e. The van der Waals surface area contributed by atoms with Gasteiger partial charge in [-0.3, -0.25) is 4.79 Å². The molecule has 1 atom stereocenters. The normalized spacial score (nSPS) is 16.5. The first-order valence-electron chi connectivity index (χ1n) is 9.48. The maximum absolute atomic E-state index is 13.1. The average Bonchev–Trinajstić information content (AvgIpc) is 2.76. The smallest absolute Gasteiger partial charge is 0.229 e. The van der Waals surface area contributed by atoms with Gasteiger partial charge in [0.05, 0.1) is 5.92 Å². The Labute approximate surface area is 173 Å². The van der Waals surface area contributed by atoms with Crippen molar-refractivity contribution >= 4 is 29.1 Å². The van der Waals surface area contributed by atoms with Crippen LogP contribution in [0, 0.1) is 11.7 Å². The number of halogens is 2. The van der Waals surface area contributed by atoms with Crippen LogP contribution in [0.4, 0.5) is 16.0 Å². The van der Waals surface area contributed by atoms with Gasteiger partial charge in [-0.25, -0.2) is 14.4 Å². The Morgan fingerprint density at radius 1 is 1.03 bits per heavy atom. The highest BCUT2D eigenvalue weighted by atomic mass is 35.5. The summed E-state index contributed by atoms with van der Waals surface area (Å²) in [6.45, 7) is 1.37. The van der Waals surface area contributed by atoms with E-state index in [0.717, 1.165) is 36.2 Å². The van der Waals surface area contributed by atoms with Crippen LogP contribution in [0.3, 0.4) is 0 Å². The van der Waals surface area contributed by atoms with Gasteiger partial charge in [-0.05, 0) is 54.8 Å². The molecule has 148 valence electrons. The van der Waals surface area contributed by atoms with Crippen LogP contribution in [0.2, 0.25) is 5.02 Å². The van der Waals surface area contributed by atoms with Gasteiger partial charge in [0.15, 0.2) is 0 Å². The minimum atomic E-state index is -0.275. The van der Waals surface area contributed by atoms with Crippen LogP contribution >= 0.6 is 11.6 Å². The van der Waals surface area contributed by atoms with E-state index in [1.165, 1.54) is 12.1 Å². The number of benzene rings is 2. The molecule has 3 aromatic rings. The lowest BCUT2D eigenvalue weighted by Crippen LogP contribution is -2.41. The zero-order chi connectivity index (χ0) is 20.2. The van der Waals surface area contributed by atoms with Gasteiger partial charge in [-0.2, -0.15) is 0 Å². The summed E-state index contributed by atoms with van der Waals surface area (Å²) in [5.74, 6) is 0.169. The average molecular weight is 411 g/mol. The third-order valence-corrected chi connectivity index (χ3v) is 5.25. The first-order chi connectivity index (χ1) is 14.1. The molecule has 0 radical (unpaired) electrons. The van der Waals surface area contributed by atoms with Crippen molar-refractivity contribution in [3.63, 3.8) is 0 Å². The zero-order valence-electron chi connectivity index (χ0n) is 15.7. The molecule has 1 aliphatic rings. The number of aromatic nitrogens is 2. The second-order valence-corrected chi connectivity index (χ2v) is 7.50. The summed E-state index contributed by atoms with van der Waals surface area (Å²) in [5.41, 5.74) is 2.41. The highest BCUT2D eigenvalue weighted by Crippen LogP contribution is 2.24. The summed E-state index contributed by atoms with van der Waals surface area (Å²) in [6.07, 6.45) is 5.17. The molecule has 4 rings (SSSR count). The number of nitrogens with zero attached hydrogens (tertiary/aromatic N) is 3. The number of hydrogen-bond acceptors (Lipinski definition) is 4. The topological polar surface area (TPSA) is 58.1 Å². The SMILES string of the molecule is O=C(Nc1ccc(Cl)cc1)C1CCCN(c2ncc(-c3ccc(F)cc3)cn2)C1. The Kier molecular flexibility index (Phi) is 5.71. The Hall–Kier alpha value is -2.99. The minimum absolute atomic E-state index is 0.0139. The molecule has 0 bridgehead atoms. The monoisotopic (exact) mass is 410 g/mol. The van der Waals surface area contributed by atoms with Crippen molar-refractivity contribution in [3.05, 3.63) is 71.8 Å². The number of amides is 1. The van der Waals surface area contributed by atoms with Gasteiger partial charge in [-0.1, -0.05) is 23.7 Å². The third kappa shape index (κ3) is 4.71. The summed E-state index contributed by atoms with van der Waals surface area (Å²) in [7, 11) is 0. The largest absolute Gasteiger partial charge is 0.340 e. The summed E-state index contributed by atoms with van der Waals surface area (Å²) in [6, 6.07) is 13.3. The quantitative estimate of drug-likeness (QED) is 0.671.